The molecule has 0 spiro atoms. The minimum absolute atomic E-state index is 0.288. The molecule has 2 atom stereocenters. The molecule has 0 amide bonds. The van der Waals surface area contributed by atoms with Crippen LogP contribution in [0.1, 0.15) is 32.6 Å². The molecule has 1 aromatic carbocycles. The maximum Gasteiger partial charge on any atom is 0.166 e. The third-order valence-electron chi connectivity index (χ3n) is 3.48. The van der Waals surface area contributed by atoms with Crippen molar-refractivity contribution in [2.75, 3.05) is 5.32 Å². The first-order valence-corrected chi connectivity index (χ1v) is 5.95. The van der Waals surface area contributed by atoms with E-state index in [2.05, 4.69) is 12.2 Å². The van der Waals surface area contributed by atoms with Crippen LogP contribution in [0.2, 0.25) is 0 Å². The lowest BCUT2D eigenvalue weighted by atomic mass is 10.0. The molecule has 2 unspecified atom stereocenters. The molecule has 3 heteroatoms. The van der Waals surface area contributed by atoms with E-state index in [9.17, 15) is 4.39 Å². The second kappa shape index (κ2) is 4.73. The summed E-state index contributed by atoms with van der Waals surface area (Å²) in [5.74, 6) is -0.156. The third kappa shape index (κ3) is 2.29. The van der Waals surface area contributed by atoms with E-state index < -0.39 is 5.82 Å². The number of anilines is 1. The highest BCUT2D eigenvalue weighted by atomic mass is 19.1. The molecule has 1 aliphatic rings. The molecule has 16 heavy (non-hydrogen) atoms. The number of hydrogen-bond donors (Lipinski definition) is 2. The lowest BCUT2D eigenvalue weighted by Crippen LogP contribution is -2.23. The molecule has 0 aliphatic heterocycles. The fourth-order valence-electron chi connectivity index (χ4n) is 2.53. The molecule has 0 heterocycles. The largest absolute Gasteiger partial charge is 0.505 e. The van der Waals surface area contributed by atoms with Crippen molar-refractivity contribution in [3.8, 4) is 5.75 Å². The Bertz CT molecular complexity index is 367. The topological polar surface area (TPSA) is 32.3 Å². The van der Waals surface area contributed by atoms with Gasteiger partial charge in [0.1, 0.15) is 0 Å². The molecule has 0 aromatic heterocycles. The van der Waals surface area contributed by atoms with Gasteiger partial charge in [-0.3, -0.25) is 0 Å². The zero-order valence-electron chi connectivity index (χ0n) is 9.54. The van der Waals surface area contributed by atoms with Gasteiger partial charge in [-0.05, 0) is 30.9 Å². The Balaban J connectivity index is 2.05. The Morgan fingerprint density at radius 2 is 2.25 bits per heavy atom. The van der Waals surface area contributed by atoms with Gasteiger partial charge in [0.15, 0.2) is 11.6 Å². The van der Waals surface area contributed by atoms with Gasteiger partial charge in [-0.1, -0.05) is 19.8 Å². The van der Waals surface area contributed by atoms with Gasteiger partial charge in [0, 0.05) is 17.8 Å². The first-order valence-electron chi connectivity index (χ1n) is 5.95. The van der Waals surface area contributed by atoms with Crippen LogP contribution in [0.15, 0.2) is 18.2 Å². The average molecular weight is 223 g/mol. The summed E-state index contributed by atoms with van der Waals surface area (Å²) in [4.78, 5) is 0. The summed E-state index contributed by atoms with van der Waals surface area (Å²) in [7, 11) is 0. The van der Waals surface area contributed by atoms with Gasteiger partial charge < -0.3 is 10.4 Å². The van der Waals surface area contributed by atoms with Gasteiger partial charge in [0.25, 0.3) is 0 Å². The zero-order valence-corrected chi connectivity index (χ0v) is 9.54. The standard InChI is InChI=1S/C13H18FNO/c1-2-9-4-3-5-12(9)15-10-6-7-13(16)11(14)8-10/h6-9,12,15-16H,2-5H2,1H3. The predicted molar refractivity (Wildman–Crippen MR) is 63.1 cm³/mol. The van der Waals surface area contributed by atoms with E-state index in [4.69, 9.17) is 5.11 Å². The third-order valence-corrected chi connectivity index (χ3v) is 3.48. The van der Waals surface area contributed by atoms with Crippen molar-refractivity contribution in [3.05, 3.63) is 24.0 Å². The highest BCUT2D eigenvalue weighted by molar-refractivity contribution is 5.47. The fourth-order valence-corrected chi connectivity index (χ4v) is 2.53. The molecular weight excluding hydrogens is 205 g/mol. The van der Waals surface area contributed by atoms with Crippen molar-refractivity contribution in [2.24, 2.45) is 5.92 Å². The van der Waals surface area contributed by atoms with Gasteiger partial charge in [-0.25, -0.2) is 4.39 Å². The number of phenolic OH excluding ortho intramolecular Hbond substituents is 1. The second-order valence-electron chi connectivity index (χ2n) is 4.52. The molecule has 0 saturated heterocycles. The van der Waals surface area contributed by atoms with Crippen LogP contribution < -0.4 is 5.32 Å². The van der Waals surface area contributed by atoms with Gasteiger partial charge in [0.2, 0.25) is 0 Å². The number of halogens is 1. The van der Waals surface area contributed by atoms with Crippen LogP contribution in [0, 0.1) is 11.7 Å². The lowest BCUT2D eigenvalue weighted by Gasteiger charge is -2.20. The summed E-state index contributed by atoms with van der Waals surface area (Å²) in [6.45, 7) is 2.20. The normalized spacial score (nSPS) is 24.6. The molecule has 2 nitrogen and oxygen atoms in total. The molecule has 1 saturated carbocycles. The van der Waals surface area contributed by atoms with Crippen LogP contribution in [0.25, 0.3) is 0 Å². The minimum Gasteiger partial charge on any atom is -0.505 e. The van der Waals surface area contributed by atoms with Crippen molar-refractivity contribution >= 4 is 5.69 Å². The fraction of sp³-hybridized carbons (Fsp3) is 0.538. The van der Waals surface area contributed by atoms with Crippen molar-refractivity contribution in [3.63, 3.8) is 0 Å². The van der Waals surface area contributed by atoms with E-state index in [0.717, 1.165) is 18.5 Å². The molecule has 1 fully saturated rings. The molecule has 0 bridgehead atoms. The van der Waals surface area contributed by atoms with Crippen LogP contribution in [0.4, 0.5) is 10.1 Å². The monoisotopic (exact) mass is 223 g/mol. The SMILES string of the molecule is CCC1CCCC1Nc1ccc(O)c(F)c1. The van der Waals surface area contributed by atoms with Crippen molar-refractivity contribution in [1.82, 2.24) is 0 Å². The first kappa shape index (κ1) is 11.2. The van der Waals surface area contributed by atoms with Gasteiger partial charge in [-0.2, -0.15) is 0 Å². The summed E-state index contributed by atoms with van der Waals surface area (Å²) in [5.41, 5.74) is 0.764. The van der Waals surface area contributed by atoms with Crippen molar-refractivity contribution in [1.29, 1.82) is 0 Å². The quantitative estimate of drug-likeness (QED) is 0.768. The number of rotatable bonds is 3. The molecule has 88 valence electrons. The van der Waals surface area contributed by atoms with E-state index in [-0.39, 0.29) is 5.75 Å². The van der Waals surface area contributed by atoms with Crippen molar-refractivity contribution in [2.45, 2.75) is 38.6 Å². The summed E-state index contributed by atoms with van der Waals surface area (Å²) >= 11 is 0. The van der Waals surface area contributed by atoms with E-state index >= 15 is 0 Å². The summed E-state index contributed by atoms with van der Waals surface area (Å²) in [5, 5.41) is 12.5. The number of aromatic hydroxyl groups is 1. The van der Waals surface area contributed by atoms with E-state index in [0.29, 0.717) is 12.0 Å². The van der Waals surface area contributed by atoms with Crippen LogP contribution in [-0.2, 0) is 0 Å². The van der Waals surface area contributed by atoms with Crippen LogP contribution in [0.3, 0.4) is 0 Å². The Kier molecular flexibility index (Phi) is 3.32. The summed E-state index contributed by atoms with van der Waals surface area (Å²) < 4.78 is 13.1. The molecular formula is C13H18FNO. The van der Waals surface area contributed by atoms with Gasteiger partial charge in [-0.15, -0.1) is 0 Å². The van der Waals surface area contributed by atoms with E-state index in [1.807, 2.05) is 0 Å². The first-order chi connectivity index (χ1) is 7.70. The van der Waals surface area contributed by atoms with Crippen molar-refractivity contribution < 1.29 is 9.50 Å². The summed E-state index contributed by atoms with van der Waals surface area (Å²) in [6.07, 6.45) is 4.82. The number of hydrogen-bond acceptors (Lipinski definition) is 2. The molecule has 0 radical (unpaired) electrons. The Hall–Kier alpha value is -1.25. The number of benzene rings is 1. The summed E-state index contributed by atoms with van der Waals surface area (Å²) in [6, 6.07) is 4.94. The number of phenols is 1. The lowest BCUT2D eigenvalue weighted by molar-refractivity contribution is 0.432. The Labute approximate surface area is 95.5 Å². The molecule has 2 rings (SSSR count). The van der Waals surface area contributed by atoms with Crippen LogP contribution in [-0.4, -0.2) is 11.1 Å². The zero-order chi connectivity index (χ0) is 11.5. The van der Waals surface area contributed by atoms with Crippen LogP contribution in [0.5, 0.6) is 5.75 Å². The maximum absolute atomic E-state index is 13.1. The average Bonchev–Trinajstić information content (AvgIpc) is 2.71. The Morgan fingerprint density at radius 3 is 2.94 bits per heavy atom. The van der Waals surface area contributed by atoms with Gasteiger partial charge >= 0.3 is 0 Å². The maximum atomic E-state index is 13.1. The highest BCUT2D eigenvalue weighted by Gasteiger charge is 2.25. The number of nitrogens with one attached hydrogen (secondary N) is 1. The van der Waals surface area contributed by atoms with Gasteiger partial charge in [0.05, 0.1) is 0 Å². The molecule has 2 N–H and O–H groups in total. The predicted octanol–water partition coefficient (Wildman–Crippen LogP) is 3.52. The highest BCUT2D eigenvalue weighted by Crippen LogP contribution is 2.31. The van der Waals surface area contributed by atoms with E-state index in [1.165, 1.54) is 25.0 Å². The second-order valence-corrected chi connectivity index (χ2v) is 4.52. The van der Waals surface area contributed by atoms with Crippen LogP contribution >= 0.6 is 0 Å². The smallest absolute Gasteiger partial charge is 0.166 e. The van der Waals surface area contributed by atoms with E-state index in [1.54, 1.807) is 6.07 Å². The molecule has 1 aromatic rings. The Morgan fingerprint density at radius 1 is 1.44 bits per heavy atom. The minimum atomic E-state index is -0.559. The molecule has 1 aliphatic carbocycles.